The van der Waals surface area contributed by atoms with E-state index in [2.05, 4.69) is 5.32 Å². The van der Waals surface area contributed by atoms with E-state index in [1.807, 2.05) is 6.92 Å². The first-order valence-electron chi connectivity index (χ1n) is 6.37. The first kappa shape index (κ1) is 14.8. The molecule has 0 aliphatic heterocycles. The molecule has 0 aliphatic rings. The predicted molar refractivity (Wildman–Crippen MR) is 78.3 cm³/mol. The first-order valence-corrected chi connectivity index (χ1v) is 7.81. The predicted octanol–water partition coefficient (Wildman–Crippen LogP) is 2.62. The van der Waals surface area contributed by atoms with Gasteiger partial charge in [0.05, 0.1) is 5.69 Å². The molecule has 0 saturated heterocycles. The minimum absolute atomic E-state index is 0.201. The van der Waals surface area contributed by atoms with E-state index in [9.17, 15) is 18.1 Å². The van der Waals surface area contributed by atoms with Crippen molar-refractivity contribution < 1.29 is 18.1 Å². The van der Waals surface area contributed by atoms with Crippen molar-refractivity contribution in [3.05, 3.63) is 36.4 Å². The van der Waals surface area contributed by atoms with Gasteiger partial charge in [0.1, 0.15) is 11.1 Å². The zero-order valence-electron chi connectivity index (χ0n) is 11.1. The van der Waals surface area contributed by atoms with Gasteiger partial charge in [0.25, 0.3) is 10.1 Å². The molecule has 3 N–H and O–H groups in total. The van der Waals surface area contributed by atoms with Crippen molar-refractivity contribution in [3.63, 3.8) is 0 Å². The lowest BCUT2D eigenvalue weighted by molar-refractivity contribution is 0.192. The molecule has 2 aromatic carbocycles. The Kier molecular flexibility index (Phi) is 4.27. The van der Waals surface area contributed by atoms with Crippen molar-refractivity contribution >= 4 is 26.6 Å². The normalized spacial score (nSPS) is 13.3. The number of rotatable bonds is 5. The maximum atomic E-state index is 11.6. The summed E-state index contributed by atoms with van der Waals surface area (Å²) in [6.45, 7) is 1.91. The smallest absolute Gasteiger partial charge is 0.297 e. The summed E-state index contributed by atoms with van der Waals surface area (Å²) >= 11 is 0. The van der Waals surface area contributed by atoms with Crippen molar-refractivity contribution in [1.82, 2.24) is 0 Å². The summed E-state index contributed by atoms with van der Waals surface area (Å²) in [7, 11) is -4.39. The van der Waals surface area contributed by atoms with E-state index in [0.29, 0.717) is 17.2 Å². The van der Waals surface area contributed by atoms with Crippen LogP contribution in [0.5, 0.6) is 0 Å². The molecule has 0 unspecified atom stereocenters. The Hall–Kier alpha value is -1.63. The highest BCUT2D eigenvalue weighted by molar-refractivity contribution is 7.86. The molecule has 1 atom stereocenters. The molecule has 108 valence electrons. The van der Waals surface area contributed by atoms with Gasteiger partial charge in [-0.15, -0.1) is 0 Å². The summed E-state index contributed by atoms with van der Waals surface area (Å²) in [6.07, 6.45) is 0.377. The summed E-state index contributed by atoms with van der Waals surface area (Å²) in [4.78, 5) is -0.203. The van der Waals surface area contributed by atoms with Gasteiger partial charge in [-0.05, 0) is 17.9 Å². The van der Waals surface area contributed by atoms with Gasteiger partial charge in [-0.25, -0.2) is 0 Å². The van der Waals surface area contributed by atoms with E-state index in [0.717, 1.165) is 6.42 Å². The lowest BCUT2D eigenvalue weighted by Gasteiger charge is -2.17. The van der Waals surface area contributed by atoms with Crippen LogP contribution in [0.3, 0.4) is 0 Å². The molecular formula is C14H17NO4S. The number of fused-ring (bicyclic) bond motifs is 1. The standard InChI is InChI=1S/C14H17NO4S/c1-2-5-13(16)15-12-9-8-10-6-3-4-7-11(10)14(12)20(17,18)19/h3-4,6-9,13,15-16H,2,5H2,1H3,(H,17,18,19)/t13-/m0/s1. The molecule has 0 radical (unpaired) electrons. The molecule has 0 heterocycles. The number of nitrogens with one attached hydrogen (secondary N) is 1. The van der Waals surface area contributed by atoms with Crippen LogP contribution in [0, 0.1) is 0 Å². The molecule has 0 spiro atoms. The number of hydrogen-bond acceptors (Lipinski definition) is 4. The summed E-state index contributed by atoms with van der Waals surface area (Å²) < 4.78 is 32.7. The summed E-state index contributed by atoms with van der Waals surface area (Å²) in [5.41, 5.74) is 0.201. The third-order valence-corrected chi connectivity index (χ3v) is 3.98. The van der Waals surface area contributed by atoms with Crippen molar-refractivity contribution in [3.8, 4) is 0 Å². The van der Waals surface area contributed by atoms with Crippen LogP contribution in [-0.2, 0) is 10.1 Å². The van der Waals surface area contributed by atoms with E-state index in [-0.39, 0.29) is 10.6 Å². The number of benzene rings is 2. The quantitative estimate of drug-likeness (QED) is 0.583. The minimum atomic E-state index is -4.39. The molecule has 0 amide bonds. The van der Waals surface area contributed by atoms with Crippen LogP contribution in [0.4, 0.5) is 5.69 Å². The summed E-state index contributed by atoms with van der Waals surface area (Å²) in [6, 6.07) is 10.2. The average Bonchev–Trinajstić information content (AvgIpc) is 2.37. The van der Waals surface area contributed by atoms with Gasteiger partial charge in [0, 0.05) is 5.39 Å². The van der Waals surface area contributed by atoms with Gasteiger partial charge in [0.2, 0.25) is 0 Å². The highest BCUT2D eigenvalue weighted by atomic mass is 32.2. The van der Waals surface area contributed by atoms with Crippen LogP contribution in [0.1, 0.15) is 19.8 Å². The molecule has 6 heteroatoms. The Morgan fingerprint density at radius 1 is 1.20 bits per heavy atom. The third-order valence-electron chi connectivity index (χ3n) is 3.02. The highest BCUT2D eigenvalue weighted by Gasteiger charge is 2.20. The van der Waals surface area contributed by atoms with Crippen molar-refractivity contribution in [2.24, 2.45) is 0 Å². The molecule has 0 saturated carbocycles. The molecule has 2 rings (SSSR count). The Balaban J connectivity index is 2.60. The lowest BCUT2D eigenvalue weighted by Crippen LogP contribution is -2.20. The van der Waals surface area contributed by atoms with Gasteiger partial charge in [0.15, 0.2) is 0 Å². The van der Waals surface area contributed by atoms with Crippen LogP contribution in [-0.4, -0.2) is 24.3 Å². The maximum Gasteiger partial charge on any atom is 0.297 e. The van der Waals surface area contributed by atoms with Gasteiger partial charge in [-0.3, -0.25) is 4.55 Å². The van der Waals surface area contributed by atoms with E-state index < -0.39 is 16.3 Å². The number of hydrogen-bond donors (Lipinski definition) is 3. The van der Waals surface area contributed by atoms with Crippen LogP contribution < -0.4 is 5.32 Å². The molecule has 0 fully saturated rings. The zero-order valence-corrected chi connectivity index (χ0v) is 11.9. The zero-order chi connectivity index (χ0) is 14.8. The fourth-order valence-corrected chi connectivity index (χ4v) is 3.03. The molecule has 2 aromatic rings. The molecule has 5 nitrogen and oxygen atoms in total. The van der Waals surface area contributed by atoms with Gasteiger partial charge in [-0.2, -0.15) is 8.42 Å². The molecular weight excluding hydrogens is 278 g/mol. The Bertz CT molecular complexity index is 712. The SMILES string of the molecule is CCC[C@H](O)Nc1ccc2ccccc2c1S(=O)(=O)O. The van der Waals surface area contributed by atoms with Crippen LogP contribution in [0.25, 0.3) is 10.8 Å². The van der Waals surface area contributed by atoms with Crippen molar-refractivity contribution in [1.29, 1.82) is 0 Å². The van der Waals surface area contributed by atoms with E-state index >= 15 is 0 Å². The number of aliphatic hydroxyl groups excluding tert-OH is 1. The second kappa shape index (κ2) is 5.78. The van der Waals surface area contributed by atoms with Crippen LogP contribution >= 0.6 is 0 Å². The number of aliphatic hydroxyl groups is 1. The van der Waals surface area contributed by atoms with Gasteiger partial charge < -0.3 is 10.4 Å². The summed E-state index contributed by atoms with van der Waals surface area (Å²) in [5, 5.41) is 13.6. The minimum Gasteiger partial charge on any atom is -0.374 e. The fourth-order valence-electron chi connectivity index (χ4n) is 2.16. The monoisotopic (exact) mass is 295 g/mol. The Morgan fingerprint density at radius 2 is 1.90 bits per heavy atom. The highest BCUT2D eigenvalue weighted by Crippen LogP contribution is 2.30. The topological polar surface area (TPSA) is 86.6 Å². The molecule has 0 bridgehead atoms. The van der Waals surface area contributed by atoms with E-state index in [1.54, 1.807) is 36.4 Å². The van der Waals surface area contributed by atoms with E-state index in [4.69, 9.17) is 0 Å². The second-order valence-electron chi connectivity index (χ2n) is 4.59. The van der Waals surface area contributed by atoms with Gasteiger partial charge in [-0.1, -0.05) is 43.7 Å². The first-order chi connectivity index (χ1) is 9.43. The Labute approximate surface area is 118 Å². The van der Waals surface area contributed by atoms with Crippen molar-refractivity contribution in [2.45, 2.75) is 30.9 Å². The maximum absolute atomic E-state index is 11.6. The third kappa shape index (κ3) is 3.09. The molecule has 0 aliphatic carbocycles. The summed E-state index contributed by atoms with van der Waals surface area (Å²) in [5.74, 6) is 0. The van der Waals surface area contributed by atoms with Crippen molar-refractivity contribution in [2.75, 3.05) is 5.32 Å². The van der Waals surface area contributed by atoms with Crippen LogP contribution in [0.2, 0.25) is 0 Å². The largest absolute Gasteiger partial charge is 0.374 e. The van der Waals surface area contributed by atoms with Gasteiger partial charge >= 0.3 is 0 Å². The Morgan fingerprint density at radius 3 is 2.55 bits per heavy atom. The lowest BCUT2D eigenvalue weighted by atomic mass is 10.1. The fraction of sp³-hybridized carbons (Fsp3) is 0.286. The number of anilines is 1. The molecule has 0 aromatic heterocycles. The average molecular weight is 295 g/mol. The molecule has 20 heavy (non-hydrogen) atoms. The second-order valence-corrected chi connectivity index (χ2v) is 5.95. The van der Waals surface area contributed by atoms with E-state index in [1.165, 1.54) is 0 Å². The van der Waals surface area contributed by atoms with Crippen LogP contribution in [0.15, 0.2) is 41.3 Å².